The number of hydrogen-bond donors (Lipinski definition) is 1. The van der Waals surface area contributed by atoms with Crippen LogP contribution in [0.2, 0.25) is 0 Å². The number of phenolic OH excluding ortho intramolecular Hbond substituents is 1. The van der Waals surface area contributed by atoms with E-state index in [0.29, 0.717) is 12.0 Å². The minimum atomic E-state index is -0.580. The molecule has 0 saturated carbocycles. The third-order valence-corrected chi connectivity index (χ3v) is 8.45. The van der Waals surface area contributed by atoms with Crippen LogP contribution in [0.15, 0.2) is 114 Å². The fraction of sp³-hybridized carbons (Fsp3) is 0.211. The number of likely N-dealkylation sites (N-methyl/N-ethyl adjacent to an activating group) is 1. The van der Waals surface area contributed by atoms with Gasteiger partial charge in [0.15, 0.2) is 6.29 Å². The summed E-state index contributed by atoms with van der Waals surface area (Å²) >= 11 is 0. The Balaban J connectivity index is 0.000000140. The number of ether oxygens (including phenoxy) is 1. The van der Waals surface area contributed by atoms with Crippen molar-refractivity contribution in [3.63, 3.8) is 0 Å². The number of aldehydes is 1. The molecule has 8 heteroatoms. The molecule has 5 aromatic rings. The molecule has 46 heavy (non-hydrogen) atoms. The van der Waals surface area contributed by atoms with Crippen LogP contribution in [0.3, 0.4) is 0 Å². The monoisotopic (exact) mass is 616 g/mol. The SMILES string of the molecule is CCC1=CC(=O)OC2C=C(N(CC)CC)C=CC12.O=Cc1ccccc1[N+](=O)[O-].Oc1ccc2ccc3cccc4ccc1c2c34. The highest BCUT2D eigenvalue weighted by Gasteiger charge is 2.31. The molecule has 0 spiro atoms. The van der Waals surface area contributed by atoms with Crippen LogP contribution in [0.5, 0.6) is 5.75 Å². The van der Waals surface area contributed by atoms with Crippen LogP contribution >= 0.6 is 0 Å². The zero-order valence-corrected chi connectivity index (χ0v) is 26.1. The number of para-hydroxylation sites is 1. The maximum Gasteiger partial charge on any atom is 0.331 e. The number of allylic oxidation sites excluding steroid dienone is 1. The van der Waals surface area contributed by atoms with Crippen LogP contribution in [0, 0.1) is 16.0 Å². The van der Waals surface area contributed by atoms with Gasteiger partial charge in [-0.2, -0.15) is 0 Å². The van der Waals surface area contributed by atoms with E-state index in [2.05, 4.69) is 80.3 Å². The number of nitrogens with zero attached hydrogens (tertiary/aromatic N) is 2. The second-order valence-electron chi connectivity index (χ2n) is 11.0. The van der Waals surface area contributed by atoms with E-state index in [4.69, 9.17) is 4.74 Å². The maximum atomic E-state index is 11.5. The van der Waals surface area contributed by atoms with E-state index in [9.17, 15) is 24.8 Å². The summed E-state index contributed by atoms with van der Waals surface area (Å²) in [5.41, 5.74) is 2.29. The van der Waals surface area contributed by atoms with Crippen molar-refractivity contribution in [2.24, 2.45) is 5.92 Å². The Morgan fingerprint density at radius 1 is 0.891 bits per heavy atom. The first-order chi connectivity index (χ1) is 22.3. The van der Waals surface area contributed by atoms with Crippen molar-refractivity contribution in [1.29, 1.82) is 0 Å². The van der Waals surface area contributed by atoms with Gasteiger partial charge in [0.05, 0.1) is 10.5 Å². The average Bonchev–Trinajstić information content (AvgIpc) is 3.08. The highest BCUT2D eigenvalue weighted by molar-refractivity contribution is 6.24. The average molecular weight is 617 g/mol. The summed E-state index contributed by atoms with van der Waals surface area (Å²) < 4.78 is 5.42. The van der Waals surface area contributed by atoms with E-state index >= 15 is 0 Å². The second kappa shape index (κ2) is 14.1. The number of benzene rings is 5. The lowest BCUT2D eigenvalue weighted by molar-refractivity contribution is -0.385. The van der Waals surface area contributed by atoms with E-state index in [0.717, 1.165) is 30.6 Å². The Labute approximate surface area is 267 Å². The molecule has 8 nitrogen and oxygen atoms in total. The summed E-state index contributed by atoms with van der Waals surface area (Å²) in [5, 5.41) is 27.2. The molecule has 1 N–H and O–H groups in total. The van der Waals surface area contributed by atoms with Crippen LogP contribution in [0.1, 0.15) is 37.6 Å². The van der Waals surface area contributed by atoms with Gasteiger partial charge in [0, 0.05) is 47.6 Å². The number of rotatable bonds is 6. The predicted octanol–water partition coefficient (Wildman–Crippen LogP) is 8.36. The van der Waals surface area contributed by atoms with Crippen molar-refractivity contribution >= 4 is 50.3 Å². The summed E-state index contributed by atoms with van der Waals surface area (Å²) in [5.74, 6) is 0.376. The minimum absolute atomic E-state index is 0.109. The summed E-state index contributed by atoms with van der Waals surface area (Å²) in [7, 11) is 0. The molecule has 1 aliphatic carbocycles. The Bertz CT molecular complexity index is 1970. The molecule has 0 fully saturated rings. The van der Waals surface area contributed by atoms with Crippen molar-refractivity contribution in [3.8, 4) is 5.75 Å². The van der Waals surface area contributed by atoms with E-state index in [-0.39, 0.29) is 29.2 Å². The molecule has 2 unspecified atom stereocenters. The van der Waals surface area contributed by atoms with Crippen molar-refractivity contribution in [1.82, 2.24) is 4.90 Å². The first-order valence-corrected chi connectivity index (χ1v) is 15.4. The first kappa shape index (κ1) is 31.9. The second-order valence-corrected chi connectivity index (χ2v) is 11.0. The Morgan fingerprint density at radius 2 is 1.54 bits per heavy atom. The van der Waals surface area contributed by atoms with Gasteiger partial charge in [-0.15, -0.1) is 0 Å². The largest absolute Gasteiger partial charge is 0.507 e. The molecule has 0 amide bonds. The molecule has 7 rings (SSSR count). The molecule has 5 aromatic carbocycles. The molecule has 1 aliphatic heterocycles. The van der Waals surface area contributed by atoms with Crippen LogP contribution in [0.4, 0.5) is 5.69 Å². The number of phenols is 1. The van der Waals surface area contributed by atoms with Gasteiger partial charge in [-0.1, -0.05) is 79.2 Å². The number of aromatic hydroxyl groups is 1. The fourth-order valence-corrected chi connectivity index (χ4v) is 6.11. The third kappa shape index (κ3) is 6.47. The first-order valence-electron chi connectivity index (χ1n) is 15.4. The molecule has 2 atom stereocenters. The van der Waals surface area contributed by atoms with Gasteiger partial charge in [0.2, 0.25) is 0 Å². The summed E-state index contributed by atoms with van der Waals surface area (Å²) in [6, 6.07) is 24.2. The number of carbonyl (C=O) groups is 2. The number of fused-ring (bicyclic) bond motifs is 1. The molecule has 1 heterocycles. The maximum absolute atomic E-state index is 11.5. The van der Waals surface area contributed by atoms with Crippen LogP contribution in [-0.2, 0) is 9.53 Å². The Morgan fingerprint density at radius 3 is 2.17 bits per heavy atom. The Hall–Kier alpha value is -5.50. The van der Waals surface area contributed by atoms with Crippen molar-refractivity contribution < 1.29 is 24.4 Å². The lowest BCUT2D eigenvalue weighted by atomic mass is 9.85. The fourth-order valence-electron chi connectivity index (χ4n) is 6.11. The number of carbonyl (C=O) groups excluding carboxylic acids is 2. The van der Waals surface area contributed by atoms with Gasteiger partial charge >= 0.3 is 5.97 Å². The van der Waals surface area contributed by atoms with E-state index < -0.39 is 4.92 Å². The number of nitro groups is 1. The van der Waals surface area contributed by atoms with Gasteiger partial charge in [-0.25, -0.2) is 4.79 Å². The molecule has 0 radical (unpaired) electrons. The zero-order chi connectivity index (χ0) is 32.8. The quantitative estimate of drug-likeness (QED) is 0.0671. The third-order valence-electron chi connectivity index (χ3n) is 8.45. The highest BCUT2D eigenvalue weighted by Crippen LogP contribution is 2.38. The molecule has 0 saturated heterocycles. The van der Waals surface area contributed by atoms with Gasteiger partial charge < -0.3 is 14.7 Å². The van der Waals surface area contributed by atoms with E-state index in [1.54, 1.807) is 18.2 Å². The highest BCUT2D eigenvalue weighted by atomic mass is 16.6. The van der Waals surface area contributed by atoms with Gasteiger partial charge in [-0.3, -0.25) is 14.9 Å². The standard InChI is InChI=1S/C16H10O.C15H21NO2.C7H5NO3/c17-14-9-7-12-5-4-10-2-1-3-11-6-8-13(14)16(12)15(10)11;1-4-11-9-15(17)18-14-10-12(7-8-13(11)14)16(5-2)6-3;9-5-6-3-1-2-4-7(6)8(10)11/h1-9,17H;7-10,13-14H,4-6H2,1-3H3;1-5H. The summed E-state index contributed by atoms with van der Waals surface area (Å²) in [6.45, 7) is 8.28. The Kier molecular flexibility index (Phi) is 9.76. The summed E-state index contributed by atoms with van der Waals surface area (Å²) in [6.07, 6.45) is 9.28. The molecule has 0 bridgehead atoms. The molecular formula is C38H36N2O6. The molecule has 2 aliphatic rings. The lowest BCUT2D eigenvalue weighted by Crippen LogP contribution is -2.34. The molecular weight excluding hydrogens is 580 g/mol. The van der Waals surface area contributed by atoms with Crippen molar-refractivity contribution in [2.45, 2.75) is 33.3 Å². The molecule has 234 valence electrons. The lowest BCUT2D eigenvalue weighted by Gasteiger charge is -2.33. The van der Waals surface area contributed by atoms with Crippen molar-refractivity contribution in [2.75, 3.05) is 13.1 Å². The predicted molar refractivity (Wildman–Crippen MR) is 182 cm³/mol. The van der Waals surface area contributed by atoms with E-state index in [1.165, 1.54) is 50.7 Å². The van der Waals surface area contributed by atoms with Crippen LogP contribution in [0.25, 0.3) is 32.3 Å². The number of esters is 1. The van der Waals surface area contributed by atoms with Crippen LogP contribution in [-0.4, -0.2) is 46.4 Å². The minimum Gasteiger partial charge on any atom is -0.507 e. The smallest absolute Gasteiger partial charge is 0.331 e. The topological polar surface area (TPSA) is 110 Å². The van der Waals surface area contributed by atoms with Gasteiger partial charge in [-0.05, 0) is 66.1 Å². The van der Waals surface area contributed by atoms with Crippen molar-refractivity contribution in [3.05, 3.63) is 130 Å². The van der Waals surface area contributed by atoms with Crippen LogP contribution < -0.4 is 0 Å². The zero-order valence-electron chi connectivity index (χ0n) is 26.1. The molecule has 0 aromatic heterocycles. The van der Waals surface area contributed by atoms with E-state index in [1.807, 2.05) is 12.1 Å². The van der Waals surface area contributed by atoms with Gasteiger partial charge in [0.1, 0.15) is 11.9 Å². The number of hydrogen-bond acceptors (Lipinski definition) is 7. The van der Waals surface area contributed by atoms with Gasteiger partial charge in [0.25, 0.3) is 5.69 Å². The normalized spacial score (nSPS) is 16.7. The summed E-state index contributed by atoms with van der Waals surface area (Å²) in [4.78, 5) is 33.7. The number of nitro benzene ring substituents is 1.